The van der Waals surface area contributed by atoms with Gasteiger partial charge in [-0.05, 0) is 6.42 Å². The molecule has 0 aromatic carbocycles. The van der Waals surface area contributed by atoms with Gasteiger partial charge in [0.05, 0.1) is 5.69 Å². The highest BCUT2D eigenvalue weighted by Gasteiger charge is 2.19. The zero-order valence-corrected chi connectivity index (χ0v) is 13.8. The predicted octanol–water partition coefficient (Wildman–Crippen LogP) is 2.97. The molecule has 1 atom stereocenters. The van der Waals surface area contributed by atoms with Crippen LogP contribution in [0.15, 0.2) is 5.38 Å². The van der Waals surface area contributed by atoms with Crippen LogP contribution < -0.4 is 5.32 Å². The Morgan fingerprint density at radius 3 is 3.11 bits per heavy atom. The smallest absolute Gasteiger partial charge is 0.107 e. The van der Waals surface area contributed by atoms with Crippen LogP contribution >= 0.6 is 23.1 Å². The van der Waals surface area contributed by atoms with Crippen molar-refractivity contribution in [3.05, 3.63) is 16.1 Å². The van der Waals surface area contributed by atoms with E-state index in [2.05, 4.69) is 48.1 Å². The molecule has 1 unspecified atom stereocenters. The summed E-state index contributed by atoms with van der Waals surface area (Å²) in [5.74, 6) is 1.27. The van der Waals surface area contributed by atoms with Crippen LogP contribution in [0, 0.1) is 0 Å². The van der Waals surface area contributed by atoms with E-state index in [1.807, 2.05) is 0 Å². The van der Waals surface area contributed by atoms with Crippen molar-refractivity contribution in [3.8, 4) is 0 Å². The summed E-state index contributed by atoms with van der Waals surface area (Å²) in [7, 11) is 0. The molecule has 0 aliphatic carbocycles. The highest BCUT2D eigenvalue weighted by atomic mass is 32.2. The van der Waals surface area contributed by atoms with Crippen LogP contribution in [0.3, 0.4) is 0 Å². The second-order valence-corrected chi connectivity index (χ2v) is 7.76. The third kappa shape index (κ3) is 5.06. The lowest BCUT2D eigenvalue weighted by Gasteiger charge is -2.31. The normalized spacial score (nSPS) is 21.2. The van der Waals surface area contributed by atoms with Crippen LogP contribution in [-0.4, -0.2) is 40.0 Å². The van der Waals surface area contributed by atoms with Gasteiger partial charge in [0.2, 0.25) is 0 Å². The van der Waals surface area contributed by atoms with Gasteiger partial charge in [-0.2, -0.15) is 11.8 Å². The molecule has 5 heteroatoms. The number of rotatable bonds is 6. The van der Waals surface area contributed by atoms with E-state index in [9.17, 15) is 0 Å². The molecule has 1 aromatic heterocycles. The maximum Gasteiger partial charge on any atom is 0.107 e. The Labute approximate surface area is 125 Å². The average molecular weight is 300 g/mol. The van der Waals surface area contributed by atoms with Crippen molar-refractivity contribution in [2.75, 3.05) is 18.8 Å². The maximum absolute atomic E-state index is 4.73. The summed E-state index contributed by atoms with van der Waals surface area (Å²) in [5, 5.41) is 7.67. The van der Waals surface area contributed by atoms with E-state index in [-0.39, 0.29) is 0 Å². The van der Waals surface area contributed by atoms with Gasteiger partial charge in [-0.3, -0.25) is 4.90 Å². The van der Waals surface area contributed by atoms with Crippen molar-refractivity contribution in [1.82, 2.24) is 15.2 Å². The Balaban J connectivity index is 1.82. The zero-order valence-electron chi connectivity index (χ0n) is 12.2. The van der Waals surface area contributed by atoms with E-state index in [1.165, 1.54) is 36.0 Å². The molecule has 0 saturated carbocycles. The summed E-state index contributed by atoms with van der Waals surface area (Å²) in [6.45, 7) is 11.0. The largest absolute Gasteiger partial charge is 0.308 e. The number of nitrogens with zero attached hydrogens (tertiary/aromatic N) is 2. The molecule has 1 N–H and O–H groups in total. The van der Waals surface area contributed by atoms with Crippen LogP contribution in [0.25, 0.3) is 0 Å². The fraction of sp³-hybridized carbons (Fsp3) is 0.786. The molecule has 0 bridgehead atoms. The Morgan fingerprint density at radius 1 is 1.53 bits per heavy atom. The minimum atomic E-state index is 0.525. The molecule has 0 amide bonds. The van der Waals surface area contributed by atoms with Gasteiger partial charge in [-0.1, -0.05) is 20.8 Å². The second kappa shape index (κ2) is 7.62. The monoisotopic (exact) mass is 299 g/mol. The van der Waals surface area contributed by atoms with Crippen molar-refractivity contribution in [2.24, 2.45) is 0 Å². The minimum Gasteiger partial charge on any atom is -0.308 e. The number of nitrogens with one attached hydrogen (secondary N) is 1. The molecule has 108 valence electrons. The second-order valence-electron chi connectivity index (χ2n) is 5.40. The molecular formula is C14H25N3S2. The van der Waals surface area contributed by atoms with E-state index in [0.29, 0.717) is 6.04 Å². The molecule has 1 aromatic rings. The molecule has 2 heterocycles. The van der Waals surface area contributed by atoms with Crippen LogP contribution in [0.1, 0.15) is 37.9 Å². The Bertz CT molecular complexity index is 379. The first-order valence-corrected chi connectivity index (χ1v) is 9.10. The van der Waals surface area contributed by atoms with E-state index < -0.39 is 0 Å². The molecule has 1 aliphatic rings. The molecule has 19 heavy (non-hydrogen) atoms. The summed E-state index contributed by atoms with van der Waals surface area (Å²) in [4.78, 5) is 7.29. The van der Waals surface area contributed by atoms with Gasteiger partial charge in [0.25, 0.3) is 0 Å². The quantitative estimate of drug-likeness (QED) is 0.874. The summed E-state index contributed by atoms with van der Waals surface area (Å²) in [6, 6.07) is 0.525. The third-order valence-electron chi connectivity index (χ3n) is 3.32. The number of thiazole rings is 1. The summed E-state index contributed by atoms with van der Waals surface area (Å²) in [6.07, 6.45) is 1.28. The first-order valence-electron chi connectivity index (χ1n) is 7.18. The van der Waals surface area contributed by atoms with Crippen molar-refractivity contribution in [1.29, 1.82) is 0 Å². The molecular weight excluding hydrogens is 274 g/mol. The standard InChI is InChI=1S/C14H25N3S2/c1-4-13-9-17(5-6-18-13)8-12-10-19-14(16-12)7-15-11(2)3/h10-11,13,15H,4-9H2,1-3H3. The lowest BCUT2D eigenvalue weighted by atomic mass is 10.3. The first kappa shape index (κ1) is 15.3. The van der Waals surface area contributed by atoms with Gasteiger partial charge in [0.1, 0.15) is 5.01 Å². The maximum atomic E-state index is 4.73. The van der Waals surface area contributed by atoms with Crippen molar-refractivity contribution in [2.45, 2.75) is 51.6 Å². The Hall–Kier alpha value is -0.100. The van der Waals surface area contributed by atoms with Crippen LogP contribution in [0.2, 0.25) is 0 Å². The van der Waals surface area contributed by atoms with Crippen LogP contribution in [0.4, 0.5) is 0 Å². The highest BCUT2D eigenvalue weighted by molar-refractivity contribution is 8.00. The van der Waals surface area contributed by atoms with Gasteiger partial charge < -0.3 is 5.32 Å². The molecule has 0 radical (unpaired) electrons. The third-order valence-corrected chi connectivity index (χ3v) is 5.59. The lowest BCUT2D eigenvalue weighted by Crippen LogP contribution is -2.37. The van der Waals surface area contributed by atoms with E-state index in [0.717, 1.165) is 18.3 Å². The first-order chi connectivity index (χ1) is 9.17. The van der Waals surface area contributed by atoms with Gasteiger partial charge in [-0.15, -0.1) is 11.3 Å². The minimum absolute atomic E-state index is 0.525. The van der Waals surface area contributed by atoms with Crippen molar-refractivity contribution < 1.29 is 0 Å². The summed E-state index contributed by atoms with van der Waals surface area (Å²) >= 11 is 3.91. The molecule has 2 rings (SSSR count). The molecule has 1 saturated heterocycles. The van der Waals surface area contributed by atoms with E-state index in [4.69, 9.17) is 4.98 Å². The number of hydrogen-bond acceptors (Lipinski definition) is 5. The van der Waals surface area contributed by atoms with Crippen molar-refractivity contribution >= 4 is 23.1 Å². The number of thioether (sulfide) groups is 1. The summed E-state index contributed by atoms with van der Waals surface area (Å²) < 4.78 is 0. The van der Waals surface area contributed by atoms with Crippen LogP contribution in [0.5, 0.6) is 0 Å². The van der Waals surface area contributed by atoms with E-state index >= 15 is 0 Å². The molecule has 0 spiro atoms. The van der Waals surface area contributed by atoms with E-state index in [1.54, 1.807) is 11.3 Å². The lowest BCUT2D eigenvalue weighted by molar-refractivity contribution is 0.270. The highest BCUT2D eigenvalue weighted by Crippen LogP contribution is 2.22. The Kier molecular flexibility index (Phi) is 6.13. The average Bonchev–Trinajstić information content (AvgIpc) is 2.84. The fourth-order valence-corrected chi connectivity index (χ4v) is 4.18. The summed E-state index contributed by atoms with van der Waals surface area (Å²) in [5.41, 5.74) is 1.24. The zero-order chi connectivity index (χ0) is 13.7. The number of hydrogen-bond donors (Lipinski definition) is 1. The van der Waals surface area contributed by atoms with Gasteiger partial charge in [-0.25, -0.2) is 4.98 Å². The van der Waals surface area contributed by atoms with Gasteiger partial charge in [0.15, 0.2) is 0 Å². The predicted molar refractivity (Wildman–Crippen MR) is 85.9 cm³/mol. The van der Waals surface area contributed by atoms with Crippen molar-refractivity contribution in [3.63, 3.8) is 0 Å². The Morgan fingerprint density at radius 2 is 2.37 bits per heavy atom. The SMILES string of the molecule is CCC1CN(Cc2csc(CNC(C)C)n2)CCS1. The topological polar surface area (TPSA) is 28.2 Å². The van der Waals surface area contributed by atoms with Crippen LogP contribution in [-0.2, 0) is 13.1 Å². The molecule has 1 aliphatic heterocycles. The van der Waals surface area contributed by atoms with Gasteiger partial charge >= 0.3 is 0 Å². The molecule has 3 nitrogen and oxygen atoms in total. The van der Waals surface area contributed by atoms with Gasteiger partial charge in [0, 0.05) is 48.6 Å². The fourth-order valence-electron chi connectivity index (χ4n) is 2.19. The molecule has 1 fully saturated rings. The number of aromatic nitrogens is 1.